The van der Waals surface area contributed by atoms with Gasteiger partial charge in [-0.25, -0.2) is 32.5 Å². The Morgan fingerprint density at radius 3 is 2.53 bits per heavy atom. The van der Waals surface area contributed by atoms with Crippen molar-refractivity contribution in [3.8, 4) is 22.6 Å². The van der Waals surface area contributed by atoms with E-state index in [0.717, 1.165) is 37.8 Å². The number of aromatic nitrogens is 4. The molecule has 3 aromatic rings. The average Bonchev–Trinajstić information content (AvgIpc) is 3.33. The lowest BCUT2D eigenvalue weighted by Gasteiger charge is -2.28. The molecule has 204 valence electrons. The van der Waals surface area contributed by atoms with Gasteiger partial charge in [-0.3, -0.25) is 0 Å². The van der Waals surface area contributed by atoms with Crippen LogP contribution in [0.1, 0.15) is 18.7 Å². The smallest absolute Gasteiger partial charge is 0.223 e. The molecule has 0 atom stereocenters. The Morgan fingerprint density at radius 2 is 1.82 bits per heavy atom. The number of hydrogen-bond donors (Lipinski definition) is 4. The fourth-order valence-electron chi connectivity index (χ4n) is 4.48. The summed E-state index contributed by atoms with van der Waals surface area (Å²) in [7, 11) is -3.27. The second-order valence-corrected chi connectivity index (χ2v) is 11.5. The Kier molecular flexibility index (Phi) is 8.29. The molecule has 0 saturated carbocycles. The summed E-state index contributed by atoms with van der Waals surface area (Å²) in [6.45, 7) is 2.89. The normalized spacial score (nSPS) is 20.9. The SMILES string of the molecule is CS(=O)(=O)NCC1COC(Cc2nc(-c3ccc(F)cc3)c(-c3ccnc(NC4CCNCC4)n3)[nH]2)OC1. The van der Waals surface area contributed by atoms with Crippen LogP contribution in [0.2, 0.25) is 0 Å². The number of halogens is 1. The summed E-state index contributed by atoms with van der Waals surface area (Å²) < 4.78 is 50.5. The Morgan fingerprint density at radius 1 is 1.08 bits per heavy atom. The van der Waals surface area contributed by atoms with Crippen molar-refractivity contribution < 1.29 is 22.3 Å². The zero-order valence-electron chi connectivity index (χ0n) is 21.1. The minimum absolute atomic E-state index is 0.0743. The van der Waals surface area contributed by atoms with Crippen molar-refractivity contribution in [2.24, 2.45) is 5.92 Å². The number of nitrogens with zero attached hydrogens (tertiary/aromatic N) is 3. The third-order valence-corrected chi connectivity index (χ3v) is 7.18. The van der Waals surface area contributed by atoms with Crippen LogP contribution < -0.4 is 15.4 Å². The van der Waals surface area contributed by atoms with Crippen LogP contribution in [0.5, 0.6) is 0 Å². The molecule has 0 spiro atoms. The second kappa shape index (κ2) is 11.8. The van der Waals surface area contributed by atoms with Crippen LogP contribution in [-0.4, -0.2) is 79.8 Å². The van der Waals surface area contributed by atoms with E-state index in [1.165, 1.54) is 12.1 Å². The van der Waals surface area contributed by atoms with Crippen LogP contribution >= 0.6 is 0 Å². The van der Waals surface area contributed by atoms with Gasteiger partial charge in [0.05, 0.1) is 43.0 Å². The zero-order chi connectivity index (χ0) is 26.5. The summed E-state index contributed by atoms with van der Waals surface area (Å²) in [5.41, 5.74) is 2.73. The number of hydrogen-bond acceptors (Lipinski definition) is 9. The van der Waals surface area contributed by atoms with Gasteiger partial charge >= 0.3 is 0 Å². The van der Waals surface area contributed by atoms with Gasteiger partial charge in [-0.2, -0.15) is 0 Å². The highest BCUT2D eigenvalue weighted by atomic mass is 32.2. The number of piperidine rings is 1. The maximum absolute atomic E-state index is 13.6. The Balaban J connectivity index is 1.34. The predicted molar refractivity (Wildman–Crippen MR) is 140 cm³/mol. The average molecular weight is 546 g/mol. The molecule has 11 nitrogen and oxygen atoms in total. The summed E-state index contributed by atoms with van der Waals surface area (Å²) >= 11 is 0. The molecule has 1 aromatic carbocycles. The van der Waals surface area contributed by atoms with Crippen LogP contribution in [0.4, 0.5) is 10.3 Å². The monoisotopic (exact) mass is 545 g/mol. The molecular formula is C25H32FN7O4S. The molecule has 0 aliphatic carbocycles. The fourth-order valence-corrected chi connectivity index (χ4v) is 5.02. The molecule has 0 bridgehead atoms. The first-order chi connectivity index (χ1) is 18.3. The van der Waals surface area contributed by atoms with Crippen molar-refractivity contribution in [2.45, 2.75) is 31.6 Å². The van der Waals surface area contributed by atoms with E-state index in [-0.39, 0.29) is 18.3 Å². The third-order valence-electron chi connectivity index (χ3n) is 6.48. The zero-order valence-corrected chi connectivity index (χ0v) is 21.9. The van der Waals surface area contributed by atoms with Crippen LogP contribution in [0.25, 0.3) is 22.6 Å². The van der Waals surface area contributed by atoms with Crippen molar-refractivity contribution in [1.29, 1.82) is 0 Å². The van der Waals surface area contributed by atoms with Crippen LogP contribution in [0, 0.1) is 11.7 Å². The number of nitrogens with one attached hydrogen (secondary N) is 4. The quantitative estimate of drug-likeness (QED) is 0.317. The van der Waals surface area contributed by atoms with E-state index in [1.54, 1.807) is 18.3 Å². The number of rotatable bonds is 9. The first kappa shape index (κ1) is 26.6. The number of imidazole rings is 1. The number of benzene rings is 1. The lowest BCUT2D eigenvalue weighted by Crippen LogP contribution is -2.39. The van der Waals surface area contributed by atoms with Crippen molar-refractivity contribution in [2.75, 3.05) is 44.4 Å². The summed E-state index contributed by atoms with van der Waals surface area (Å²) in [4.78, 5) is 17.3. The van der Waals surface area contributed by atoms with E-state index in [4.69, 9.17) is 19.4 Å². The molecule has 2 saturated heterocycles. The molecule has 2 aliphatic heterocycles. The summed E-state index contributed by atoms with van der Waals surface area (Å²) in [6, 6.07) is 8.27. The van der Waals surface area contributed by atoms with Crippen LogP contribution in [-0.2, 0) is 25.9 Å². The number of aromatic amines is 1. The molecular weight excluding hydrogens is 513 g/mol. The lowest BCUT2D eigenvalue weighted by atomic mass is 10.1. The lowest BCUT2D eigenvalue weighted by molar-refractivity contribution is -0.198. The van der Waals surface area contributed by atoms with E-state index < -0.39 is 16.3 Å². The van der Waals surface area contributed by atoms with E-state index in [9.17, 15) is 12.8 Å². The molecule has 38 heavy (non-hydrogen) atoms. The van der Waals surface area contributed by atoms with E-state index in [0.29, 0.717) is 54.5 Å². The fraction of sp³-hybridized carbons (Fsp3) is 0.480. The van der Waals surface area contributed by atoms with E-state index >= 15 is 0 Å². The maximum Gasteiger partial charge on any atom is 0.223 e. The molecule has 4 N–H and O–H groups in total. The maximum atomic E-state index is 13.6. The standard InChI is InChI=1S/C25H32FN7O4S/c1-38(34,35)29-13-16-14-36-22(37-15-16)12-21-32-23(17-2-4-18(26)5-3-17)24(33-21)20-8-11-28-25(31-20)30-19-6-9-27-10-7-19/h2-5,8,11,16,19,22,27,29H,6-7,9-10,12-15H2,1H3,(H,32,33)(H,28,30,31). The van der Waals surface area contributed by atoms with Crippen LogP contribution in [0.15, 0.2) is 36.5 Å². The first-order valence-electron chi connectivity index (χ1n) is 12.7. The van der Waals surface area contributed by atoms with E-state index in [2.05, 4.69) is 25.3 Å². The van der Waals surface area contributed by atoms with Crippen LogP contribution in [0.3, 0.4) is 0 Å². The third kappa shape index (κ3) is 7.11. The highest BCUT2D eigenvalue weighted by Crippen LogP contribution is 2.30. The highest BCUT2D eigenvalue weighted by Gasteiger charge is 2.25. The molecule has 2 aromatic heterocycles. The minimum atomic E-state index is -3.27. The molecule has 5 rings (SSSR count). The molecule has 13 heteroatoms. The second-order valence-electron chi connectivity index (χ2n) is 9.64. The summed E-state index contributed by atoms with van der Waals surface area (Å²) in [5, 5.41) is 6.77. The Labute approximate surface area is 221 Å². The van der Waals surface area contributed by atoms with Gasteiger partial charge in [0.2, 0.25) is 16.0 Å². The van der Waals surface area contributed by atoms with Gasteiger partial charge in [0, 0.05) is 30.3 Å². The Bertz CT molecular complexity index is 1320. The number of anilines is 1. The molecule has 0 radical (unpaired) electrons. The van der Waals surface area contributed by atoms with Gasteiger partial charge < -0.3 is 25.1 Å². The largest absolute Gasteiger partial charge is 0.352 e. The minimum Gasteiger partial charge on any atom is -0.352 e. The van der Waals surface area contributed by atoms with Crippen molar-refractivity contribution in [1.82, 2.24) is 30.0 Å². The topological polar surface area (TPSA) is 143 Å². The molecule has 0 amide bonds. The van der Waals surface area contributed by atoms with Crippen molar-refractivity contribution in [3.05, 3.63) is 48.2 Å². The van der Waals surface area contributed by atoms with Gasteiger partial charge in [-0.15, -0.1) is 0 Å². The number of ether oxygens (including phenoxy) is 2. The molecule has 4 heterocycles. The van der Waals surface area contributed by atoms with Gasteiger partial charge in [0.1, 0.15) is 11.6 Å². The van der Waals surface area contributed by atoms with Gasteiger partial charge in [0.25, 0.3) is 0 Å². The highest BCUT2D eigenvalue weighted by molar-refractivity contribution is 7.88. The number of H-pyrrole nitrogens is 1. The van der Waals surface area contributed by atoms with Crippen molar-refractivity contribution in [3.63, 3.8) is 0 Å². The Hall–Kier alpha value is -2.97. The number of sulfonamides is 1. The van der Waals surface area contributed by atoms with E-state index in [1.807, 2.05) is 6.07 Å². The molecule has 2 fully saturated rings. The molecule has 0 unspecified atom stereocenters. The van der Waals surface area contributed by atoms with Gasteiger partial charge in [-0.1, -0.05) is 0 Å². The van der Waals surface area contributed by atoms with Gasteiger partial charge in [0.15, 0.2) is 6.29 Å². The van der Waals surface area contributed by atoms with Gasteiger partial charge in [-0.05, 0) is 56.3 Å². The summed E-state index contributed by atoms with van der Waals surface area (Å²) in [6.07, 6.45) is 4.64. The first-order valence-corrected chi connectivity index (χ1v) is 14.5. The predicted octanol–water partition coefficient (Wildman–Crippen LogP) is 1.92. The molecule has 2 aliphatic rings. The summed E-state index contributed by atoms with van der Waals surface area (Å²) in [5.74, 6) is 0.770. The van der Waals surface area contributed by atoms with Crippen molar-refractivity contribution >= 4 is 16.0 Å².